The zero-order valence-electron chi connectivity index (χ0n) is 15.5. The largest absolute Gasteiger partial charge is 0.328 e. The normalized spacial score (nSPS) is 24.2. The van der Waals surface area contributed by atoms with Gasteiger partial charge in [0.1, 0.15) is 5.82 Å². The summed E-state index contributed by atoms with van der Waals surface area (Å²) in [5, 5.41) is 0.542. The molecule has 6 heteroatoms. The molecule has 3 aromatic rings. The van der Waals surface area contributed by atoms with E-state index in [1.807, 2.05) is 12.1 Å². The molecular formula is C22H22FN3O2. The van der Waals surface area contributed by atoms with Crippen LogP contribution in [0.3, 0.4) is 0 Å². The second kappa shape index (κ2) is 6.71. The molecule has 1 aromatic heterocycles. The van der Waals surface area contributed by atoms with Gasteiger partial charge in [0, 0.05) is 26.2 Å². The Labute approximate surface area is 161 Å². The van der Waals surface area contributed by atoms with Gasteiger partial charge in [0.25, 0.3) is 5.56 Å². The van der Waals surface area contributed by atoms with Gasteiger partial charge in [0.05, 0.1) is 10.9 Å². The number of para-hydroxylation sites is 1. The molecule has 0 spiro atoms. The van der Waals surface area contributed by atoms with Gasteiger partial charge in [-0.15, -0.1) is 0 Å². The third-order valence-corrected chi connectivity index (χ3v) is 6.47. The van der Waals surface area contributed by atoms with Crippen molar-refractivity contribution in [3.63, 3.8) is 0 Å². The second-order valence-corrected chi connectivity index (χ2v) is 8.01. The highest BCUT2D eigenvalue weighted by molar-refractivity contribution is 5.76. The van der Waals surface area contributed by atoms with Gasteiger partial charge in [-0.2, -0.15) is 0 Å². The maximum Gasteiger partial charge on any atom is 0.328 e. The summed E-state index contributed by atoms with van der Waals surface area (Å²) in [7, 11) is 0. The zero-order chi connectivity index (χ0) is 19.3. The molecule has 1 saturated heterocycles. The predicted molar refractivity (Wildman–Crippen MR) is 106 cm³/mol. The first-order valence-electron chi connectivity index (χ1n) is 9.80. The molecule has 0 bridgehead atoms. The van der Waals surface area contributed by atoms with Crippen LogP contribution in [0, 0.1) is 17.7 Å². The summed E-state index contributed by atoms with van der Waals surface area (Å²) >= 11 is 0. The maximum atomic E-state index is 13.2. The standard InChI is InChI=1S/C22H22FN3O2/c23-16-7-5-14(6-8-16)18-11-15-12-25(13-19(15)18)9-10-26-21(27)17-3-1-2-4-20(17)24-22(26)28/h1-8,15,18-19H,9-13H2,(H,24,28)/t15-,18-,19+/m1/s1. The Hall–Kier alpha value is -2.73. The van der Waals surface area contributed by atoms with Gasteiger partial charge in [-0.3, -0.25) is 9.36 Å². The summed E-state index contributed by atoms with van der Waals surface area (Å²) in [5.41, 5.74) is 1.21. The fourth-order valence-corrected chi connectivity index (χ4v) is 4.92. The van der Waals surface area contributed by atoms with Crippen LogP contribution in [0.15, 0.2) is 58.1 Å². The van der Waals surface area contributed by atoms with Crippen molar-refractivity contribution < 1.29 is 4.39 Å². The van der Waals surface area contributed by atoms with Crippen LogP contribution >= 0.6 is 0 Å². The number of aromatic amines is 1. The van der Waals surface area contributed by atoms with E-state index in [4.69, 9.17) is 0 Å². The molecule has 1 aliphatic carbocycles. The number of hydrogen-bond acceptors (Lipinski definition) is 3. The molecule has 3 atom stereocenters. The Morgan fingerprint density at radius 2 is 1.79 bits per heavy atom. The average Bonchev–Trinajstić information content (AvgIpc) is 2.99. The van der Waals surface area contributed by atoms with Gasteiger partial charge in [0.15, 0.2) is 0 Å². The van der Waals surface area contributed by atoms with Crippen LogP contribution < -0.4 is 11.2 Å². The van der Waals surface area contributed by atoms with Crippen molar-refractivity contribution in [3.8, 4) is 0 Å². The third-order valence-electron chi connectivity index (χ3n) is 6.47. The Bertz CT molecular complexity index is 1130. The van der Waals surface area contributed by atoms with Gasteiger partial charge in [-0.1, -0.05) is 24.3 Å². The van der Waals surface area contributed by atoms with E-state index in [1.165, 1.54) is 22.3 Å². The minimum absolute atomic E-state index is 0.196. The van der Waals surface area contributed by atoms with Crippen molar-refractivity contribution in [2.75, 3.05) is 19.6 Å². The molecule has 1 N–H and O–H groups in total. The SMILES string of the molecule is O=c1[nH]c2ccccc2c(=O)n1CCN1C[C@H]2C[C@H](c3ccc(F)cc3)[C@H]2C1. The molecule has 2 heterocycles. The second-order valence-electron chi connectivity index (χ2n) is 8.01. The summed E-state index contributed by atoms with van der Waals surface area (Å²) < 4.78 is 14.5. The molecule has 1 saturated carbocycles. The number of likely N-dealkylation sites (tertiary alicyclic amines) is 1. The van der Waals surface area contributed by atoms with E-state index >= 15 is 0 Å². The van der Waals surface area contributed by atoms with E-state index in [1.54, 1.807) is 24.3 Å². The van der Waals surface area contributed by atoms with E-state index in [-0.39, 0.29) is 17.1 Å². The number of benzene rings is 2. The Morgan fingerprint density at radius 3 is 2.61 bits per heavy atom. The highest BCUT2D eigenvalue weighted by atomic mass is 19.1. The maximum absolute atomic E-state index is 13.2. The van der Waals surface area contributed by atoms with Crippen LogP contribution in [0.25, 0.3) is 10.9 Å². The molecule has 0 unspecified atom stereocenters. The van der Waals surface area contributed by atoms with Crippen LogP contribution in [0.1, 0.15) is 17.9 Å². The average molecular weight is 379 g/mol. The molecule has 2 fully saturated rings. The van der Waals surface area contributed by atoms with E-state index in [2.05, 4.69) is 9.88 Å². The van der Waals surface area contributed by atoms with E-state index in [0.717, 1.165) is 19.5 Å². The lowest BCUT2D eigenvalue weighted by Gasteiger charge is -2.40. The van der Waals surface area contributed by atoms with Crippen LogP contribution in [0.2, 0.25) is 0 Å². The topological polar surface area (TPSA) is 58.1 Å². The van der Waals surface area contributed by atoms with Crippen LogP contribution in [-0.2, 0) is 6.54 Å². The Morgan fingerprint density at radius 1 is 1.00 bits per heavy atom. The van der Waals surface area contributed by atoms with Crippen LogP contribution in [0.5, 0.6) is 0 Å². The Kier molecular flexibility index (Phi) is 4.16. The number of H-pyrrole nitrogens is 1. The third kappa shape index (κ3) is 2.88. The summed E-state index contributed by atoms with van der Waals surface area (Å²) in [6.07, 6.45) is 1.13. The van der Waals surface area contributed by atoms with Crippen molar-refractivity contribution in [2.45, 2.75) is 18.9 Å². The summed E-state index contributed by atoms with van der Waals surface area (Å²) in [6.45, 7) is 3.04. The lowest BCUT2D eigenvalue weighted by atomic mass is 9.64. The molecule has 5 nitrogen and oxygen atoms in total. The van der Waals surface area contributed by atoms with E-state index in [0.29, 0.717) is 41.7 Å². The van der Waals surface area contributed by atoms with E-state index in [9.17, 15) is 14.0 Å². The summed E-state index contributed by atoms with van der Waals surface area (Å²) in [6, 6.07) is 14.0. The van der Waals surface area contributed by atoms with E-state index < -0.39 is 0 Å². The fraction of sp³-hybridized carbons (Fsp3) is 0.364. The monoisotopic (exact) mass is 379 g/mol. The summed E-state index contributed by atoms with van der Waals surface area (Å²) in [5.74, 6) is 1.53. The highest BCUT2D eigenvalue weighted by Crippen LogP contribution is 2.51. The number of nitrogens with zero attached hydrogens (tertiary/aromatic N) is 2. The lowest BCUT2D eigenvalue weighted by Crippen LogP contribution is -2.38. The quantitative estimate of drug-likeness (QED) is 0.758. The van der Waals surface area contributed by atoms with Gasteiger partial charge in [-0.25, -0.2) is 9.18 Å². The molecule has 0 amide bonds. The van der Waals surface area contributed by atoms with Gasteiger partial charge < -0.3 is 9.88 Å². The Balaban J connectivity index is 1.28. The number of aromatic nitrogens is 2. The van der Waals surface area contributed by atoms with Crippen molar-refractivity contribution in [3.05, 3.63) is 80.7 Å². The molecule has 144 valence electrons. The van der Waals surface area contributed by atoms with Crippen molar-refractivity contribution >= 4 is 10.9 Å². The molecule has 28 heavy (non-hydrogen) atoms. The highest BCUT2D eigenvalue weighted by Gasteiger charge is 2.47. The van der Waals surface area contributed by atoms with Crippen molar-refractivity contribution in [1.29, 1.82) is 0 Å². The molecule has 2 aromatic carbocycles. The molecule has 1 aliphatic heterocycles. The minimum Gasteiger partial charge on any atom is -0.307 e. The number of rotatable bonds is 4. The molecule has 5 rings (SSSR count). The molecule has 0 radical (unpaired) electrons. The number of fused-ring (bicyclic) bond motifs is 2. The molecular weight excluding hydrogens is 357 g/mol. The van der Waals surface area contributed by atoms with Crippen molar-refractivity contribution in [2.24, 2.45) is 11.8 Å². The number of nitrogens with one attached hydrogen (secondary N) is 1. The lowest BCUT2D eigenvalue weighted by molar-refractivity contribution is 0.191. The van der Waals surface area contributed by atoms with Crippen LogP contribution in [-0.4, -0.2) is 34.1 Å². The van der Waals surface area contributed by atoms with Crippen LogP contribution in [0.4, 0.5) is 4.39 Å². The number of halogens is 1. The zero-order valence-corrected chi connectivity index (χ0v) is 15.5. The first kappa shape index (κ1) is 17.4. The summed E-state index contributed by atoms with van der Waals surface area (Å²) in [4.78, 5) is 30.1. The first-order chi connectivity index (χ1) is 13.6. The van der Waals surface area contributed by atoms with Gasteiger partial charge in [0.2, 0.25) is 0 Å². The first-order valence-corrected chi connectivity index (χ1v) is 9.80. The van der Waals surface area contributed by atoms with Gasteiger partial charge in [-0.05, 0) is 54.0 Å². The number of hydrogen-bond donors (Lipinski definition) is 1. The predicted octanol–water partition coefficient (Wildman–Crippen LogP) is 2.56. The van der Waals surface area contributed by atoms with Gasteiger partial charge >= 0.3 is 5.69 Å². The smallest absolute Gasteiger partial charge is 0.307 e. The minimum atomic E-state index is -0.352. The fourth-order valence-electron chi connectivity index (χ4n) is 4.92. The molecule has 2 aliphatic rings. The van der Waals surface area contributed by atoms with Crippen molar-refractivity contribution in [1.82, 2.24) is 14.5 Å².